The predicted molar refractivity (Wildman–Crippen MR) is 175 cm³/mol. The molecule has 0 heterocycles. The van der Waals surface area contributed by atoms with Crippen LogP contribution in [0.15, 0.2) is 47.0 Å². The number of hydrogen-bond donors (Lipinski definition) is 1. The second-order valence-corrected chi connectivity index (χ2v) is 10.5. The number of hydrogen-bond acceptors (Lipinski definition) is 7. The molecule has 0 fully saturated rings. The molecule has 0 aliphatic rings. The van der Waals surface area contributed by atoms with Crippen LogP contribution in [0.2, 0.25) is 0 Å². The van der Waals surface area contributed by atoms with Gasteiger partial charge in [-0.2, -0.15) is 4.31 Å². The van der Waals surface area contributed by atoms with E-state index >= 15 is 0 Å². The number of sulfonamides is 1. The number of carbonyl (C=O) groups is 2. The molecular weight excluding hydrogens is 573 g/mol. The fourth-order valence-electron chi connectivity index (χ4n) is 2.75. The van der Waals surface area contributed by atoms with Crippen molar-refractivity contribution in [1.82, 2.24) is 9.62 Å². The molecule has 43 heavy (non-hydrogen) atoms. The van der Waals surface area contributed by atoms with Crippen LogP contribution in [0.1, 0.15) is 78.7 Å². The number of aldehydes is 1. The third-order valence-electron chi connectivity index (χ3n) is 5.12. The summed E-state index contributed by atoms with van der Waals surface area (Å²) in [5.74, 6) is 1.81. The van der Waals surface area contributed by atoms with E-state index in [0.717, 1.165) is 42.7 Å². The molecule has 0 aliphatic carbocycles. The van der Waals surface area contributed by atoms with E-state index in [-0.39, 0.29) is 23.9 Å². The fourth-order valence-corrected chi connectivity index (χ4v) is 3.01. The van der Waals surface area contributed by atoms with E-state index in [1.165, 1.54) is 38.4 Å². The lowest BCUT2D eigenvalue weighted by atomic mass is 10.1. The van der Waals surface area contributed by atoms with E-state index in [2.05, 4.69) is 27.4 Å². The highest BCUT2D eigenvalue weighted by Crippen LogP contribution is 2.24. The Morgan fingerprint density at radius 1 is 1.14 bits per heavy atom. The number of allylic oxidation sites excluding steroid dienone is 1. The molecule has 0 spiro atoms. The number of ether oxygens (including phenoxy) is 2. The van der Waals surface area contributed by atoms with E-state index in [9.17, 15) is 22.4 Å². The average Bonchev–Trinajstić information content (AvgIpc) is 3.00. The summed E-state index contributed by atoms with van der Waals surface area (Å²) in [6.45, 7) is 10.1. The van der Waals surface area contributed by atoms with Crippen LogP contribution in [-0.2, 0) is 29.1 Å². The van der Waals surface area contributed by atoms with Crippen molar-refractivity contribution in [1.29, 1.82) is 0 Å². The zero-order chi connectivity index (χ0) is 33.7. The van der Waals surface area contributed by atoms with Gasteiger partial charge in [0.1, 0.15) is 24.5 Å². The van der Waals surface area contributed by atoms with Crippen LogP contribution < -0.4 is 5.32 Å². The standard InChI is InChI=1S/C24H34FN3O5S.C3H8O.C3H4.C2H6/c1-5-22(27-18-28(3)34(4,31)32)33-23(19-13-15-20(25)16-14-19)21(24(30)26-2)12-10-8-6-7-9-11-17-29;1-3-4-2;1-3-2;1-2/h10,12-17H,5-9,11,18H2,1-4H3,(H,26,30);3H2,1-2H3;1H,2H3;1-2H3/b12-10+,23-21+,27-22+;;;. The largest absolute Gasteiger partial charge is 0.442 e. The molecule has 1 rings (SSSR count). The Hall–Kier alpha value is -3.33. The Balaban J connectivity index is -0.00000157. The molecule has 11 heteroatoms. The lowest BCUT2D eigenvalue weighted by molar-refractivity contribution is -0.116. The third kappa shape index (κ3) is 22.9. The van der Waals surface area contributed by atoms with Crippen LogP contribution >= 0.6 is 0 Å². The molecule has 1 N–H and O–H groups in total. The van der Waals surface area contributed by atoms with Crippen LogP contribution in [0, 0.1) is 18.2 Å². The Morgan fingerprint density at radius 3 is 2.12 bits per heavy atom. The molecule has 0 unspecified atom stereocenters. The second kappa shape index (κ2) is 28.8. The van der Waals surface area contributed by atoms with E-state index in [4.69, 9.17) is 4.74 Å². The number of terminal acetylenes is 1. The van der Waals surface area contributed by atoms with Gasteiger partial charge in [0.2, 0.25) is 10.0 Å². The summed E-state index contributed by atoms with van der Waals surface area (Å²) in [6, 6.07) is 5.52. The van der Waals surface area contributed by atoms with Crippen LogP contribution in [0.4, 0.5) is 4.39 Å². The van der Waals surface area contributed by atoms with Crippen molar-refractivity contribution < 1.29 is 31.9 Å². The predicted octanol–water partition coefficient (Wildman–Crippen LogP) is 5.98. The highest BCUT2D eigenvalue weighted by Gasteiger charge is 2.18. The summed E-state index contributed by atoms with van der Waals surface area (Å²) >= 11 is 0. The van der Waals surface area contributed by atoms with Gasteiger partial charge in [0.25, 0.3) is 5.91 Å². The summed E-state index contributed by atoms with van der Waals surface area (Å²) in [6.07, 6.45) is 14.2. The molecule has 0 bridgehead atoms. The van der Waals surface area contributed by atoms with E-state index in [0.29, 0.717) is 24.8 Å². The number of unbranched alkanes of at least 4 members (excludes halogenated alkanes) is 4. The minimum absolute atomic E-state index is 0.148. The monoisotopic (exact) mass is 625 g/mol. The smallest absolute Gasteiger partial charge is 0.254 e. The first-order valence-corrected chi connectivity index (χ1v) is 16.1. The van der Waals surface area contributed by atoms with Crippen molar-refractivity contribution in [2.24, 2.45) is 4.99 Å². The minimum atomic E-state index is -3.43. The summed E-state index contributed by atoms with van der Waals surface area (Å²) in [4.78, 5) is 27.4. The first-order valence-electron chi connectivity index (χ1n) is 14.3. The van der Waals surface area contributed by atoms with Gasteiger partial charge >= 0.3 is 0 Å². The zero-order valence-corrected chi connectivity index (χ0v) is 28.2. The van der Waals surface area contributed by atoms with Crippen molar-refractivity contribution in [2.45, 2.75) is 73.1 Å². The minimum Gasteiger partial charge on any atom is -0.442 e. The number of likely N-dealkylation sites (N-methyl/N-ethyl adjacent to an activating group) is 1. The molecule has 0 aromatic heterocycles. The molecule has 0 saturated carbocycles. The van der Waals surface area contributed by atoms with Gasteiger partial charge in [-0.15, -0.1) is 12.3 Å². The van der Waals surface area contributed by atoms with Crippen LogP contribution in [0.25, 0.3) is 5.76 Å². The molecule has 1 aromatic rings. The van der Waals surface area contributed by atoms with Gasteiger partial charge in [0.05, 0.1) is 11.8 Å². The summed E-state index contributed by atoms with van der Waals surface area (Å²) in [5, 5.41) is 2.59. The van der Waals surface area contributed by atoms with Crippen LogP contribution in [-0.4, -0.2) is 71.6 Å². The number of methoxy groups -OCH3 is 1. The van der Waals surface area contributed by atoms with Crippen molar-refractivity contribution in [3.63, 3.8) is 0 Å². The lowest BCUT2D eigenvalue weighted by Crippen LogP contribution is -2.26. The average molecular weight is 626 g/mol. The topological polar surface area (TPSA) is 114 Å². The molecule has 244 valence electrons. The Bertz CT molecular complexity index is 1120. The quantitative estimate of drug-likeness (QED) is 0.0375. The first-order chi connectivity index (χ1) is 20.5. The van der Waals surface area contributed by atoms with Crippen LogP contribution in [0.3, 0.4) is 0 Å². The third-order valence-corrected chi connectivity index (χ3v) is 6.37. The Labute approximate surface area is 259 Å². The maximum Gasteiger partial charge on any atom is 0.254 e. The lowest BCUT2D eigenvalue weighted by Gasteiger charge is -2.17. The number of amides is 1. The van der Waals surface area contributed by atoms with Crippen molar-refractivity contribution in [3.05, 3.63) is 53.4 Å². The SMILES string of the molecule is C#CC.CC.CC/C(=N\CN(C)S(C)(=O)=O)O/C(=C(\C=C\CCCCCC=O)C(=O)NC)c1ccc(F)cc1.CCOC. The van der Waals surface area contributed by atoms with Gasteiger partial charge in [0, 0.05) is 46.2 Å². The first kappa shape index (κ1) is 44.1. The molecule has 0 aliphatic heterocycles. The number of aliphatic imine (C=N–C) groups is 1. The molecule has 1 aromatic carbocycles. The van der Waals surface area contributed by atoms with Gasteiger partial charge in [-0.25, -0.2) is 17.8 Å². The maximum absolute atomic E-state index is 13.5. The second-order valence-electron chi connectivity index (χ2n) is 8.41. The van der Waals surface area contributed by atoms with E-state index < -0.39 is 21.7 Å². The van der Waals surface area contributed by atoms with Gasteiger partial charge in [-0.3, -0.25) is 4.79 Å². The molecule has 1 amide bonds. The number of nitrogens with one attached hydrogen (secondary N) is 1. The summed E-state index contributed by atoms with van der Waals surface area (Å²) in [5.41, 5.74) is 0.688. The Morgan fingerprint density at radius 2 is 1.67 bits per heavy atom. The number of benzene rings is 1. The van der Waals surface area contributed by atoms with E-state index in [1.54, 1.807) is 27.0 Å². The van der Waals surface area contributed by atoms with Gasteiger partial charge < -0.3 is 19.6 Å². The van der Waals surface area contributed by atoms with Crippen molar-refractivity contribution in [3.8, 4) is 12.3 Å². The van der Waals surface area contributed by atoms with Gasteiger partial charge in [0.15, 0.2) is 5.90 Å². The Kier molecular flexibility index (Phi) is 29.5. The van der Waals surface area contributed by atoms with Crippen molar-refractivity contribution >= 4 is 33.9 Å². The van der Waals surface area contributed by atoms with E-state index in [1.807, 2.05) is 26.8 Å². The summed E-state index contributed by atoms with van der Waals surface area (Å²) in [7, 11) is 1.15. The number of nitrogens with zero attached hydrogens (tertiary/aromatic N) is 2. The van der Waals surface area contributed by atoms with Crippen molar-refractivity contribution in [2.75, 3.05) is 40.7 Å². The maximum atomic E-state index is 13.5. The number of rotatable bonds is 15. The fraction of sp³-hybridized carbons (Fsp3) is 0.531. The normalized spacial score (nSPS) is 11.4. The molecule has 9 nitrogen and oxygen atoms in total. The highest BCUT2D eigenvalue weighted by molar-refractivity contribution is 7.88. The molecule has 0 saturated heterocycles. The molecule has 0 atom stereocenters. The highest BCUT2D eigenvalue weighted by atomic mass is 32.2. The molecular formula is C32H52FN3O6S. The van der Waals surface area contributed by atoms with Gasteiger partial charge in [-0.05, 0) is 63.5 Å². The van der Waals surface area contributed by atoms with Crippen LogP contribution in [0.5, 0.6) is 0 Å². The van der Waals surface area contributed by atoms with Gasteiger partial charge in [-0.1, -0.05) is 33.3 Å². The molecule has 0 radical (unpaired) electrons. The summed E-state index contributed by atoms with van der Waals surface area (Å²) < 4.78 is 48.5. The number of carbonyl (C=O) groups excluding carboxylic acids is 2. The zero-order valence-electron chi connectivity index (χ0n) is 27.4. The number of halogens is 1.